The van der Waals surface area contributed by atoms with E-state index in [1.54, 1.807) is 24.3 Å². The van der Waals surface area contributed by atoms with E-state index < -0.39 is 12.6 Å². The summed E-state index contributed by atoms with van der Waals surface area (Å²) in [5.74, 6) is -0.546. The van der Waals surface area contributed by atoms with Gasteiger partial charge in [-0.1, -0.05) is 30.0 Å². The van der Waals surface area contributed by atoms with Crippen LogP contribution >= 0.6 is 24.0 Å². The van der Waals surface area contributed by atoms with Gasteiger partial charge in [0.1, 0.15) is 4.32 Å². The lowest BCUT2D eigenvalue weighted by molar-refractivity contribution is -0.139. The van der Waals surface area contributed by atoms with E-state index in [1.807, 2.05) is 6.92 Å². The van der Waals surface area contributed by atoms with Gasteiger partial charge in [-0.05, 0) is 30.7 Å². The first-order valence-electron chi connectivity index (χ1n) is 6.36. The average Bonchev–Trinajstić information content (AvgIpc) is 2.76. The Balaban J connectivity index is 2.25. The zero-order valence-electron chi connectivity index (χ0n) is 11.6. The quantitative estimate of drug-likeness (QED) is 0.606. The maximum atomic E-state index is 11.6. The molecule has 0 atom stereocenters. The van der Waals surface area contributed by atoms with E-state index in [4.69, 9.17) is 26.8 Å². The minimum atomic E-state index is -1.07. The molecular weight excluding hydrogens is 326 g/mol. The number of hydrogen-bond acceptors (Lipinski definition) is 6. The fourth-order valence-electron chi connectivity index (χ4n) is 1.71. The van der Waals surface area contributed by atoms with Crippen LogP contribution in [0, 0.1) is 0 Å². The van der Waals surface area contributed by atoms with E-state index in [0.717, 1.165) is 5.56 Å². The number of carboxylic acid groups (broad SMARTS) is 1. The topological polar surface area (TPSA) is 84.9 Å². The highest BCUT2D eigenvalue weighted by Crippen LogP contribution is 2.31. The summed E-state index contributed by atoms with van der Waals surface area (Å²) < 4.78 is 11.0. The predicted molar refractivity (Wildman–Crippen MR) is 87.1 cm³/mol. The zero-order valence-corrected chi connectivity index (χ0v) is 13.3. The number of thiocarbonyl (C=S) groups is 1. The third-order valence-electron chi connectivity index (χ3n) is 2.56. The molecule has 22 heavy (non-hydrogen) atoms. The maximum absolute atomic E-state index is 11.6. The molecule has 1 amide bonds. The number of thioether (sulfide) groups is 1. The number of nitrogens with one attached hydrogen (secondary N) is 1. The molecule has 1 heterocycles. The summed E-state index contributed by atoms with van der Waals surface area (Å²) >= 11 is 6.11. The van der Waals surface area contributed by atoms with Crippen LogP contribution in [0.3, 0.4) is 0 Å². The number of ether oxygens (including phenoxy) is 2. The monoisotopic (exact) mass is 339 g/mol. The van der Waals surface area contributed by atoms with Gasteiger partial charge in [-0.3, -0.25) is 4.79 Å². The van der Waals surface area contributed by atoms with Crippen LogP contribution in [-0.2, 0) is 9.59 Å². The van der Waals surface area contributed by atoms with Crippen LogP contribution in [0.5, 0.6) is 11.5 Å². The first kappa shape index (κ1) is 16.3. The van der Waals surface area contributed by atoms with E-state index >= 15 is 0 Å². The van der Waals surface area contributed by atoms with Crippen molar-refractivity contribution in [2.45, 2.75) is 6.92 Å². The highest BCUT2D eigenvalue weighted by molar-refractivity contribution is 8.26. The molecule has 2 N–H and O–H groups in total. The molecule has 0 bridgehead atoms. The number of hydrogen-bond donors (Lipinski definition) is 2. The van der Waals surface area contributed by atoms with E-state index in [-0.39, 0.29) is 5.91 Å². The Morgan fingerprint density at radius 2 is 2.18 bits per heavy atom. The van der Waals surface area contributed by atoms with Crippen molar-refractivity contribution in [3.8, 4) is 11.5 Å². The molecule has 0 saturated carbocycles. The summed E-state index contributed by atoms with van der Waals surface area (Å²) in [7, 11) is 0. The number of carbonyl (C=O) groups is 2. The van der Waals surface area contributed by atoms with E-state index in [2.05, 4.69) is 5.32 Å². The summed E-state index contributed by atoms with van der Waals surface area (Å²) in [4.78, 5) is 22.7. The van der Waals surface area contributed by atoms with E-state index in [1.165, 1.54) is 11.8 Å². The van der Waals surface area contributed by atoms with Crippen molar-refractivity contribution in [1.29, 1.82) is 0 Å². The molecule has 1 saturated heterocycles. The molecule has 1 aliphatic rings. The second kappa shape index (κ2) is 7.28. The SMILES string of the molecule is CCOc1cc(/C=C2\SC(=S)NC2=O)ccc1OCC(=O)O. The van der Waals surface area contributed by atoms with Gasteiger partial charge >= 0.3 is 5.97 Å². The number of amides is 1. The lowest BCUT2D eigenvalue weighted by Gasteiger charge is -2.11. The lowest BCUT2D eigenvalue weighted by Crippen LogP contribution is -2.17. The Kier molecular flexibility index (Phi) is 5.40. The normalized spacial score (nSPS) is 15.8. The Morgan fingerprint density at radius 1 is 1.41 bits per heavy atom. The molecule has 1 fully saturated rings. The predicted octanol–water partition coefficient (Wildman–Crippen LogP) is 2.04. The van der Waals surface area contributed by atoms with Crippen molar-refractivity contribution in [3.05, 3.63) is 28.7 Å². The van der Waals surface area contributed by atoms with Gasteiger partial charge in [0, 0.05) is 0 Å². The van der Waals surface area contributed by atoms with Crippen molar-refractivity contribution in [3.63, 3.8) is 0 Å². The molecule has 0 spiro atoms. The van der Waals surface area contributed by atoms with Crippen molar-refractivity contribution in [2.75, 3.05) is 13.2 Å². The first-order valence-corrected chi connectivity index (χ1v) is 7.58. The minimum Gasteiger partial charge on any atom is -0.490 e. The highest BCUT2D eigenvalue weighted by Gasteiger charge is 2.22. The van der Waals surface area contributed by atoms with E-state index in [9.17, 15) is 9.59 Å². The third-order valence-corrected chi connectivity index (χ3v) is 3.72. The van der Waals surface area contributed by atoms with Crippen molar-refractivity contribution >= 4 is 46.3 Å². The summed E-state index contributed by atoms with van der Waals surface area (Å²) in [6.07, 6.45) is 1.68. The van der Waals surface area contributed by atoms with Crippen LogP contribution in [0.25, 0.3) is 6.08 Å². The molecule has 0 radical (unpaired) electrons. The van der Waals surface area contributed by atoms with Gasteiger partial charge in [0.15, 0.2) is 18.1 Å². The molecule has 1 aromatic carbocycles. The molecule has 6 nitrogen and oxygen atoms in total. The Labute approximate surface area is 136 Å². The van der Waals surface area contributed by atoms with Gasteiger partial charge < -0.3 is 19.9 Å². The van der Waals surface area contributed by atoms with Crippen molar-refractivity contribution < 1.29 is 24.2 Å². The minimum absolute atomic E-state index is 0.237. The molecule has 0 unspecified atom stereocenters. The standard InChI is InChI=1S/C14H13NO5S2/c1-2-19-10-5-8(3-4-9(10)20-7-12(16)17)6-11-13(18)15-14(21)22-11/h3-6H,2,7H2,1H3,(H,16,17)(H,15,18,21)/b11-6-. The Morgan fingerprint density at radius 3 is 2.77 bits per heavy atom. The van der Waals surface area contributed by atoms with Gasteiger partial charge in [0.2, 0.25) is 0 Å². The second-order valence-corrected chi connectivity index (χ2v) is 5.89. The first-order chi connectivity index (χ1) is 10.5. The molecule has 1 aliphatic heterocycles. The van der Waals surface area contributed by atoms with Gasteiger partial charge in [-0.25, -0.2) is 4.79 Å². The number of carbonyl (C=O) groups excluding carboxylic acids is 1. The summed E-state index contributed by atoms with van der Waals surface area (Å²) in [6.45, 7) is 1.76. The van der Waals surface area contributed by atoms with Crippen molar-refractivity contribution in [1.82, 2.24) is 5.32 Å². The number of benzene rings is 1. The molecule has 0 aromatic heterocycles. The molecule has 1 aromatic rings. The van der Waals surface area contributed by atoms with Gasteiger partial charge in [-0.15, -0.1) is 0 Å². The molecule has 8 heteroatoms. The van der Waals surface area contributed by atoms with Crippen LogP contribution < -0.4 is 14.8 Å². The van der Waals surface area contributed by atoms with Gasteiger partial charge in [-0.2, -0.15) is 0 Å². The number of aliphatic carboxylic acids is 1. The largest absolute Gasteiger partial charge is 0.490 e. The van der Waals surface area contributed by atoms with Crippen LogP contribution in [0.1, 0.15) is 12.5 Å². The zero-order chi connectivity index (χ0) is 16.1. The maximum Gasteiger partial charge on any atom is 0.341 e. The number of rotatable bonds is 6. The van der Waals surface area contributed by atoms with Crippen LogP contribution in [-0.4, -0.2) is 34.5 Å². The fourth-order valence-corrected chi connectivity index (χ4v) is 2.76. The van der Waals surface area contributed by atoms with Crippen molar-refractivity contribution in [2.24, 2.45) is 0 Å². The molecule has 0 aliphatic carbocycles. The highest BCUT2D eigenvalue weighted by atomic mass is 32.2. The van der Waals surface area contributed by atoms with Gasteiger partial charge in [0.25, 0.3) is 5.91 Å². The average molecular weight is 339 g/mol. The Bertz CT molecular complexity index is 657. The van der Waals surface area contributed by atoms with Gasteiger partial charge in [0.05, 0.1) is 11.5 Å². The molecule has 116 valence electrons. The van der Waals surface area contributed by atoms with Crippen LogP contribution in [0.2, 0.25) is 0 Å². The summed E-state index contributed by atoms with van der Waals surface area (Å²) in [5.41, 5.74) is 0.730. The smallest absolute Gasteiger partial charge is 0.341 e. The molecular formula is C14H13NO5S2. The molecule has 2 rings (SSSR count). The third kappa shape index (κ3) is 4.22. The van der Waals surface area contributed by atoms with Crippen LogP contribution in [0.15, 0.2) is 23.1 Å². The Hall–Kier alpha value is -2.06. The fraction of sp³-hybridized carbons (Fsp3) is 0.214. The summed E-state index contributed by atoms with van der Waals surface area (Å²) in [5, 5.41) is 11.2. The van der Waals surface area contributed by atoms with Crippen LogP contribution in [0.4, 0.5) is 0 Å². The van der Waals surface area contributed by atoms with E-state index in [0.29, 0.717) is 27.3 Å². The number of carboxylic acids is 1. The lowest BCUT2D eigenvalue weighted by atomic mass is 10.2. The summed E-state index contributed by atoms with van der Waals surface area (Å²) in [6, 6.07) is 5.00. The second-order valence-electron chi connectivity index (χ2n) is 4.17.